The fourth-order valence-corrected chi connectivity index (χ4v) is 5.83. The van der Waals surface area contributed by atoms with E-state index in [0.29, 0.717) is 6.42 Å². The molecule has 6 heteroatoms. The Kier molecular flexibility index (Phi) is 4.96. The van der Waals surface area contributed by atoms with Gasteiger partial charge in [0.1, 0.15) is 5.60 Å². The Labute approximate surface area is 153 Å². The van der Waals surface area contributed by atoms with Crippen LogP contribution < -0.4 is 0 Å². The molecule has 0 bridgehead atoms. The molecule has 1 N–H and O–H groups in total. The van der Waals surface area contributed by atoms with Crippen molar-refractivity contribution in [3.8, 4) is 0 Å². The van der Waals surface area contributed by atoms with E-state index in [2.05, 4.69) is 40.8 Å². The normalized spacial score (nSPS) is 44.2. The van der Waals surface area contributed by atoms with Gasteiger partial charge in [-0.15, -0.1) is 0 Å². The Bertz CT molecular complexity index is 499. The number of ether oxygens (including phenoxy) is 3. The molecular weight excluding hydrogens is 336 g/mol. The highest BCUT2D eigenvalue weighted by Gasteiger charge is 2.72. The van der Waals surface area contributed by atoms with Gasteiger partial charge in [0.05, 0.1) is 36.4 Å². The summed E-state index contributed by atoms with van der Waals surface area (Å²) in [7, 11) is -0.0928. The van der Waals surface area contributed by atoms with Gasteiger partial charge < -0.3 is 23.7 Å². The van der Waals surface area contributed by atoms with Crippen molar-refractivity contribution in [2.45, 2.75) is 94.6 Å². The maximum absolute atomic E-state index is 9.31. The summed E-state index contributed by atoms with van der Waals surface area (Å²) in [6.07, 6.45) is 2.80. The standard InChI is InChI=1S/C19H36O5Si/c1-17(2,3)25(6,7)24-13-8-10-19(12-22-19)16(15(13)21-5)18(4)14(23-18)9-11-20/h13-16,20H,8-12H2,1-7H3/t13-,14-,15-,16-,18-,19+/m1/s1. The molecule has 1 saturated carbocycles. The predicted octanol–water partition coefficient (Wildman–Crippen LogP) is 3.11. The lowest BCUT2D eigenvalue weighted by atomic mass is 9.68. The lowest BCUT2D eigenvalue weighted by Gasteiger charge is -2.47. The van der Waals surface area contributed by atoms with Crippen LogP contribution in [0.15, 0.2) is 0 Å². The zero-order valence-corrected chi connectivity index (χ0v) is 17.9. The maximum atomic E-state index is 9.31. The van der Waals surface area contributed by atoms with Gasteiger partial charge in [-0.1, -0.05) is 20.8 Å². The fourth-order valence-electron chi connectivity index (χ4n) is 4.46. The van der Waals surface area contributed by atoms with E-state index in [-0.39, 0.29) is 47.1 Å². The van der Waals surface area contributed by atoms with E-state index in [9.17, 15) is 5.11 Å². The third-order valence-electron chi connectivity index (χ3n) is 7.14. The lowest BCUT2D eigenvalue weighted by Crippen LogP contribution is -2.58. The lowest BCUT2D eigenvalue weighted by molar-refractivity contribution is -0.111. The highest BCUT2D eigenvalue weighted by molar-refractivity contribution is 6.74. The van der Waals surface area contributed by atoms with Crippen molar-refractivity contribution in [3.05, 3.63) is 0 Å². The van der Waals surface area contributed by atoms with E-state index in [1.54, 1.807) is 7.11 Å². The molecule has 2 saturated heterocycles. The fraction of sp³-hybridized carbons (Fsp3) is 1.00. The summed E-state index contributed by atoms with van der Waals surface area (Å²) in [5.41, 5.74) is -0.401. The zero-order chi connectivity index (χ0) is 18.7. The summed E-state index contributed by atoms with van der Waals surface area (Å²) in [5, 5.41) is 9.48. The first kappa shape index (κ1) is 19.8. The molecule has 0 aromatic heterocycles. The molecule has 6 atom stereocenters. The van der Waals surface area contributed by atoms with Gasteiger partial charge in [0.2, 0.25) is 0 Å². The second kappa shape index (κ2) is 6.28. The monoisotopic (exact) mass is 372 g/mol. The summed E-state index contributed by atoms with van der Waals surface area (Å²) in [6, 6.07) is 0. The molecule has 0 radical (unpaired) electrons. The summed E-state index contributed by atoms with van der Waals surface area (Å²) in [5.74, 6) is 0.157. The minimum Gasteiger partial charge on any atom is -0.411 e. The van der Waals surface area contributed by atoms with Crippen LogP contribution in [-0.4, -0.2) is 63.3 Å². The number of epoxide rings is 2. The predicted molar refractivity (Wildman–Crippen MR) is 99.3 cm³/mol. The van der Waals surface area contributed by atoms with Crippen LogP contribution in [0, 0.1) is 5.92 Å². The highest BCUT2D eigenvalue weighted by Crippen LogP contribution is 2.59. The van der Waals surface area contributed by atoms with Crippen molar-refractivity contribution >= 4 is 8.32 Å². The van der Waals surface area contributed by atoms with Crippen LogP contribution in [0.5, 0.6) is 0 Å². The Morgan fingerprint density at radius 2 is 1.92 bits per heavy atom. The molecular formula is C19H36O5Si. The molecule has 0 unspecified atom stereocenters. The zero-order valence-electron chi connectivity index (χ0n) is 16.9. The molecule has 1 spiro atoms. The van der Waals surface area contributed by atoms with Gasteiger partial charge in [0.15, 0.2) is 8.32 Å². The summed E-state index contributed by atoms with van der Waals surface area (Å²) < 4.78 is 24.8. The van der Waals surface area contributed by atoms with Gasteiger partial charge in [-0.05, 0) is 44.3 Å². The third kappa shape index (κ3) is 3.34. The number of aliphatic hydroxyl groups excluding tert-OH is 1. The third-order valence-corrected chi connectivity index (χ3v) is 11.6. The van der Waals surface area contributed by atoms with Crippen LogP contribution in [0.3, 0.4) is 0 Å². The molecule has 3 aliphatic rings. The van der Waals surface area contributed by atoms with Gasteiger partial charge in [-0.3, -0.25) is 0 Å². The first-order valence-corrected chi connectivity index (χ1v) is 12.5. The largest absolute Gasteiger partial charge is 0.411 e. The maximum Gasteiger partial charge on any atom is 0.192 e. The minimum absolute atomic E-state index is 0.0286. The van der Waals surface area contributed by atoms with Crippen LogP contribution in [0.2, 0.25) is 18.1 Å². The summed E-state index contributed by atoms with van der Waals surface area (Å²) in [6.45, 7) is 14.5. The number of hydrogen-bond acceptors (Lipinski definition) is 5. The van der Waals surface area contributed by atoms with Crippen molar-refractivity contribution in [3.63, 3.8) is 0 Å². The van der Waals surface area contributed by atoms with E-state index < -0.39 is 8.32 Å². The highest BCUT2D eigenvalue weighted by atomic mass is 28.4. The average molecular weight is 373 g/mol. The average Bonchev–Trinajstić information content (AvgIpc) is 3.39. The summed E-state index contributed by atoms with van der Waals surface area (Å²) >= 11 is 0. The first-order valence-electron chi connectivity index (χ1n) is 9.64. The quantitative estimate of drug-likeness (QED) is 0.573. The van der Waals surface area contributed by atoms with E-state index in [4.69, 9.17) is 18.6 Å². The van der Waals surface area contributed by atoms with Gasteiger partial charge in [-0.2, -0.15) is 0 Å². The van der Waals surface area contributed by atoms with Gasteiger partial charge in [-0.25, -0.2) is 0 Å². The van der Waals surface area contributed by atoms with Crippen molar-refractivity contribution in [1.82, 2.24) is 0 Å². The van der Waals surface area contributed by atoms with Gasteiger partial charge in [0.25, 0.3) is 0 Å². The molecule has 3 fully saturated rings. The van der Waals surface area contributed by atoms with E-state index in [1.807, 2.05) is 0 Å². The Balaban J connectivity index is 1.82. The number of aliphatic hydroxyl groups is 1. The molecule has 5 nitrogen and oxygen atoms in total. The number of methoxy groups -OCH3 is 1. The van der Waals surface area contributed by atoms with Gasteiger partial charge >= 0.3 is 0 Å². The Morgan fingerprint density at radius 3 is 2.40 bits per heavy atom. The van der Waals surface area contributed by atoms with Crippen molar-refractivity contribution < 1.29 is 23.7 Å². The van der Waals surface area contributed by atoms with Crippen LogP contribution in [0.1, 0.15) is 47.0 Å². The molecule has 25 heavy (non-hydrogen) atoms. The van der Waals surface area contributed by atoms with Crippen molar-refractivity contribution in [1.29, 1.82) is 0 Å². The molecule has 0 aromatic carbocycles. The Hall–Kier alpha value is 0.0169. The topological polar surface area (TPSA) is 63.8 Å². The molecule has 1 aliphatic carbocycles. The van der Waals surface area contributed by atoms with Gasteiger partial charge in [0, 0.05) is 13.7 Å². The van der Waals surface area contributed by atoms with Crippen molar-refractivity contribution in [2.75, 3.05) is 20.3 Å². The summed E-state index contributed by atoms with van der Waals surface area (Å²) in [4.78, 5) is 0. The molecule has 146 valence electrons. The molecule has 2 heterocycles. The molecule has 0 aromatic rings. The second-order valence-corrected chi connectivity index (χ2v) is 14.5. The number of rotatable bonds is 6. The molecule has 3 rings (SSSR count). The van der Waals surface area contributed by atoms with Crippen molar-refractivity contribution in [2.24, 2.45) is 5.92 Å². The Morgan fingerprint density at radius 1 is 1.28 bits per heavy atom. The van der Waals surface area contributed by atoms with E-state index in [0.717, 1.165) is 19.4 Å². The van der Waals surface area contributed by atoms with Crippen LogP contribution >= 0.6 is 0 Å². The molecule has 0 amide bonds. The molecule has 2 aliphatic heterocycles. The van der Waals surface area contributed by atoms with Crippen LogP contribution in [-0.2, 0) is 18.6 Å². The first-order chi connectivity index (χ1) is 11.5. The van der Waals surface area contributed by atoms with Crippen LogP contribution in [0.4, 0.5) is 0 Å². The van der Waals surface area contributed by atoms with Crippen LogP contribution in [0.25, 0.3) is 0 Å². The number of hydrogen-bond donors (Lipinski definition) is 1. The van der Waals surface area contributed by atoms with E-state index >= 15 is 0 Å². The SMILES string of the molecule is CO[C@@H]1[C@H](O[Si](C)(C)C(C)(C)C)CC[C@]2(CO2)[C@H]1[C@]1(C)O[C@@H]1CCO. The smallest absolute Gasteiger partial charge is 0.192 e. The minimum atomic E-state index is -1.88. The second-order valence-electron chi connectivity index (χ2n) is 9.79. The van der Waals surface area contributed by atoms with E-state index in [1.165, 1.54) is 0 Å².